The van der Waals surface area contributed by atoms with Crippen LogP contribution in [0.25, 0.3) is 0 Å². The van der Waals surface area contributed by atoms with Crippen molar-refractivity contribution in [1.82, 2.24) is 5.32 Å². The molecule has 1 atom stereocenters. The summed E-state index contributed by atoms with van der Waals surface area (Å²) in [6.07, 6.45) is 2.12. The molecule has 0 aliphatic carbocycles. The van der Waals surface area contributed by atoms with E-state index in [-0.39, 0.29) is 0 Å². The van der Waals surface area contributed by atoms with Crippen molar-refractivity contribution >= 4 is 34.2 Å². The van der Waals surface area contributed by atoms with Gasteiger partial charge < -0.3 is 5.32 Å². The Bertz CT molecular complexity index is 539. The second kappa shape index (κ2) is 8.01. The highest BCUT2D eigenvalue weighted by Gasteiger charge is 2.14. The number of hydrogen-bond donors (Lipinski definition) is 1. The van der Waals surface area contributed by atoms with E-state index in [0.717, 1.165) is 24.4 Å². The zero-order chi connectivity index (χ0) is 14.4. The maximum absolute atomic E-state index is 5.96. The van der Waals surface area contributed by atoms with Gasteiger partial charge in [0.15, 0.2) is 0 Å². The van der Waals surface area contributed by atoms with Crippen LogP contribution in [0.1, 0.15) is 30.5 Å². The summed E-state index contributed by atoms with van der Waals surface area (Å²) in [7, 11) is 0. The van der Waals surface area contributed by atoms with Crippen LogP contribution >= 0.6 is 34.2 Å². The minimum Gasteiger partial charge on any atom is -0.310 e. The SMILES string of the molecule is CCCNC(Cc1ccc(Cl)cc1)c1ccccc1I. The van der Waals surface area contributed by atoms with E-state index in [1.165, 1.54) is 14.7 Å². The highest BCUT2D eigenvalue weighted by Crippen LogP contribution is 2.24. The van der Waals surface area contributed by atoms with Crippen LogP contribution in [-0.2, 0) is 6.42 Å². The fourth-order valence-electron chi connectivity index (χ4n) is 2.22. The lowest BCUT2D eigenvalue weighted by Gasteiger charge is -2.20. The average Bonchev–Trinajstić information content (AvgIpc) is 2.46. The van der Waals surface area contributed by atoms with Gasteiger partial charge in [0.05, 0.1) is 0 Å². The van der Waals surface area contributed by atoms with Gasteiger partial charge in [0, 0.05) is 14.6 Å². The van der Waals surface area contributed by atoms with Crippen molar-refractivity contribution in [2.45, 2.75) is 25.8 Å². The molecule has 1 N–H and O–H groups in total. The zero-order valence-electron chi connectivity index (χ0n) is 11.6. The van der Waals surface area contributed by atoms with Gasteiger partial charge in [-0.15, -0.1) is 0 Å². The quantitative estimate of drug-likeness (QED) is 0.656. The fourth-order valence-corrected chi connectivity index (χ4v) is 3.11. The molecule has 0 radical (unpaired) electrons. The van der Waals surface area contributed by atoms with E-state index in [4.69, 9.17) is 11.6 Å². The van der Waals surface area contributed by atoms with Gasteiger partial charge >= 0.3 is 0 Å². The first-order valence-electron chi connectivity index (χ1n) is 6.93. The molecule has 2 aromatic rings. The first kappa shape index (κ1) is 15.8. The number of hydrogen-bond acceptors (Lipinski definition) is 1. The van der Waals surface area contributed by atoms with E-state index in [1.807, 2.05) is 12.1 Å². The summed E-state index contributed by atoms with van der Waals surface area (Å²) >= 11 is 8.37. The number of benzene rings is 2. The lowest BCUT2D eigenvalue weighted by atomic mass is 9.99. The highest BCUT2D eigenvalue weighted by atomic mass is 127. The standard InChI is InChI=1S/C17H19ClIN/c1-2-11-20-17(15-5-3-4-6-16(15)19)12-13-7-9-14(18)10-8-13/h3-10,17,20H,2,11-12H2,1H3. The lowest BCUT2D eigenvalue weighted by molar-refractivity contribution is 0.527. The molecule has 2 aromatic carbocycles. The largest absolute Gasteiger partial charge is 0.310 e. The predicted octanol–water partition coefficient (Wildman–Crippen LogP) is 5.23. The number of halogens is 2. The molecular weight excluding hydrogens is 381 g/mol. The molecule has 0 saturated carbocycles. The van der Waals surface area contributed by atoms with E-state index in [1.54, 1.807) is 0 Å². The Morgan fingerprint density at radius 1 is 1.10 bits per heavy atom. The molecule has 0 heterocycles. The van der Waals surface area contributed by atoms with Crippen molar-refractivity contribution < 1.29 is 0 Å². The summed E-state index contributed by atoms with van der Waals surface area (Å²) in [6, 6.07) is 17.1. The topological polar surface area (TPSA) is 12.0 Å². The van der Waals surface area contributed by atoms with Crippen LogP contribution in [0.2, 0.25) is 5.02 Å². The normalized spacial score (nSPS) is 12.3. The van der Waals surface area contributed by atoms with Crippen molar-refractivity contribution in [2.75, 3.05) is 6.54 Å². The predicted molar refractivity (Wildman–Crippen MR) is 95.3 cm³/mol. The van der Waals surface area contributed by atoms with Crippen LogP contribution in [0.4, 0.5) is 0 Å². The van der Waals surface area contributed by atoms with Crippen molar-refractivity contribution in [3.8, 4) is 0 Å². The third-order valence-electron chi connectivity index (χ3n) is 3.27. The van der Waals surface area contributed by atoms with Crippen molar-refractivity contribution in [2.24, 2.45) is 0 Å². The van der Waals surface area contributed by atoms with E-state index < -0.39 is 0 Å². The Balaban J connectivity index is 2.19. The summed E-state index contributed by atoms with van der Waals surface area (Å²) in [6.45, 7) is 3.23. The molecule has 1 unspecified atom stereocenters. The van der Waals surface area contributed by atoms with Gasteiger partial charge in [-0.1, -0.05) is 48.9 Å². The summed E-state index contributed by atoms with van der Waals surface area (Å²) in [5, 5.41) is 4.44. The maximum atomic E-state index is 5.96. The van der Waals surface area contributed by atoms with Gasteiger partial charge in [0.1, 0.15) is 0 Å². The third-order valence-corrected chi connectivity index (χ3v) is 4.51. The van der Waals surface area contributed by atoms with E-state index >= 15 is 0 Å². The van der Waals surface area contributed by atoms with E-state index in [9.17, 15) is 0 Å². The second-order valence-corrected chi connectivity index (χ2v) is 6.46. The molecule has 0 spiro atoms. The maximum Gasteiger partial charge on any atom is 0.0406 e. The van der Waals surface area contributed by atoms with Crippen molar-refractivity contribution in [1.29, 1.82) is 0 Å². The van der Waals surface area contributed by atoms with Crippen LogP contribution in [-0.4, -0.2) is 6.54 Å². The van der Waals surface area contributed by atoms with E-state index in [2.05, 4.69) is 71.2 Å². The smallest absolute Gasteiger partial charge is 0.0406 e. The van der Waals surface area contributed by atoms with Crippen LogP contribution < -0.4 is 5.32 Å². The minimum atomic E-state index is 0.351. The van der Waals surface area contributed by atoms with Crippen LogP contribution in [0.3, 0.4) is 0 Å². The molecule has 0 fully saturated rings. The molecule has 0 aromatic heterocycles. The molecule has 2 rings (SSSR count). The lowest BCUT2D eigenvalue weighted by Crippen LogP contribution is -2.24. The average molecular weight is 400 g/mol. The molecule has 0 amide bonds. The molecule has 106 valence electrons. The Hall–Kier alpha value is -0.580. The summed E-state index contributed by atoms with van der Waals surface area (Å²) in [4.78, 5) is 0. The van der Waals surface area contributed by atoms with Crippen LogP contribution in [0, 0.1) is 3.57 Å². The van der Waals surface area contributed by atoms with Crippen molar-refractivity contribution in [3.63, 3.8) is 0 Å². The molecule has 1 nitrogen and oxygen atoms in total. The van der Waals surface area contributed by atoms with Gasteiger partial charge in [-0.3, -0.25) is 0 Å². The minimum absolute atomic E-state index is 0.351. The molecule has 0 aliphatic rings. The molecule has 3 heteroatoms. The summed E-state index contributed by atoms with van der Waals surface area (Å²) in [5.41, 5.74) is 2.68. The third kappa shape index (κ3) is 4.47. The number of rotatable bonds is 6. The zero-order valence-corrected chi connectivity index (χ0v) is 14.5. The Morgan fingerprint density at radius 3 is 2.45 bits per heavy atom. The Kier molecular flexibility index (Phi) is 6.33. The van der Waals surface area contributed by atoms with E-state index in [0.29, 0.717) is 6.04 Å². The monoisotopic (exact) mass is 399 g/mol. The van der Waals surface area contributed by atoms with Gasteiger partial charge in [-0.05, 0) is 71.3 Å². The van der Waals surface area contributed by atoms with Crippen LogP contribution in [0.15, 0.2) is 48.5 Å². The Morgan fingerprint density at radius 2 is 1.80 bits per heavy atom. The summed E-state index contributed by atoms with van der Waals surface area (Å²) < 4.78 is 1.31. The molecule has 0 aliphatic heterocycles. The summed E-state index contributed by atoms with van der Waals surface area (Å²) in [5.74, 6) is 0. The highest BCUT2D eigenvalue weighted by molar-refractivity contribution is 14.1. The second-order valence-electron chi connectivity index (χ2n) is 4.86. The van der Waals surface area contributed by atoms with Crippen LogP contribution in [0.5, 0.6) is 0 Å². The van der Waals surface area contributed by atoms with Gasteiger partial charge in [0.2, 0.25) is 0 Å². The Labute approximate surface area is 139 Å². The van der Waals surface area contributed by atoms with Gasteiger partial charge in [0.25, 0.3) is 0 Å². The molecular formula is C17H19ClIN. The van der Waals surface area contributed by atoms with Gasteiger partial charge in [-0.25, -0.2) is 0 Å². The van der Waals surface area contributed by atoms with Gasteiger partial charge in [-0.2, -0.15) is 0 Å². The molecule has 20 heavy (non-hydrogen) atoms. The molecule has 0 bridgehead atoms. The first-order valence-corrected chi connectivity index (χ1v) is 8.38. The molecule has 0 saturated heterocycles. The first-order chi connectivity index (χ1) is 9.70. The number of nitrogens with one attached hydrogen (secondary N) is 1. The fraction of sp³-hybridized carbons (Fsp3) is 0.294. The van der Waals surface area contributed by atoms with Crippen molar-refractivity contribution in [3.05, 3.63) is 68.3 Å².